The number of ether oxygens (including phenoxy) is 2. The second kappa shape index (κ2) is 6.28. The second-order valence-corrected chi connectivity index (χ2v) is 4.81. The monoisotopic (exact) mass is 256 g/mol. The number of para-hydroxylation sites is 1. The van der Waals surface area contributed by atoms with Crippen LogP contribution in [-0.4, -0.2) is 7.11 Å². The summed E-state index contributed by atoms with van der Waals surface area (Å²) in [6.45, 7) is 4.87. The fraction of sp³-hybridized carbons (Fsp3) is 0.294. The van der Waals surface area contributed by atoms with E-state index in [9.17, 15) is 0 Å². The molecule has 2 nitrogen and oxygen atoms in total. The maximum Gasteiger partial charge on any atom is 0.165 e. The molecule has 2 aromatic carbocycles. The van der Waals surface area contributed by atoms with E-state index >= 15 is 0 Å². The van der Waals surface area contributed by atoms with Crippen molar-refractivity contribution in [3.05, 3.63) is 59.7 Å². The lowest BCUT2D eigenvalue weighted by molar-refractivity contribution is 0.280. The number of hydrogen-bond donors (Lipinski definition) is 0. The fourth-order valence-corrected chi connectivity index (χ4v) is 2.03. The van der Waals surface area contributed by atoms with Gasteiger partial charge in [0.15, 0.2) is 11.5 Å². The minimum Gasteiger partial charge on any atom is -0.493 e. The first kappa shape index (κ1) is 13.5. The van der Waals surface area contributed by atoms with Crippen LogP contribution in [0.2, 0.25) is 0 Å². The molecule has 0 heterocycles. The predicted molar refractivity (Wildman–Crippen MR) is 77.9 cm³/mol. The zero-order valence-electron chi connectivity index (χ0n) is 11.7. The molecule has 0 radical (unpaired) electrons. The minimum atomic E-state index is 0.404. The Morgan fingerprint density at radius 2 is 1.68 bits per heavy atom. The van der Waals surface area contributed by atoms with E-state index in [4.69, 9.17) is 9.47 Å². The summed E-state index contributed by atoms with van der Waals surface area (Å²) < 4.78 is 11.4. The van der Waals surface area contributed by atoms with E-state index in [0.29, 0.717) is 12.5 Å². The third kappa shape index (κ3) is 3.28. The highest BCUT2D eigenvalue weighted by Gasteiger charge is 2.13. The molecular formula is C17H20O2. The third-order valence-corrected chi connectivity index (χ3v) is 3.08. The topological polar surface area (TPSA) is 18.5 Å². The van der Waals surface area contributed by atoms with Gasteiger partial charge in [0.25, 0.3) is 0 Å². The summed E-state index contributed by atoms with van der Waals surface area (Å²) in [5.41, 5.74) is 2.33. The van der Waals surface area contributed by atoms with Crippen molar-refractivity contribution in [3.8, 4) is 11.5 Å². The van der Waals surface area contributed by atoms with Crippen LogP contribution in [-0.2, 0) is 6.61 Å². The molecule has 0 aliphatic heterocycles. The van der Waals surface area contributed by atoms with Crippen molar-refractivity contribution in [2.75, 3.05) is 7.11 Å². The molecule has 100 valence electrons. The molecule has 0 aromatic heterocycles. The summed E-state index contributed by atoms with van der Waals surface area (Å²) in [6, 6.07) is 16.2. The zero-order valence-corrected chi connectivity index (χ0v) is 11.7. The minimum absolute atomic E-state index is 0.404. The van der Waals surface area contributed by atoms with Gasteiger partial charge in [-0.2, -0.15) is 0 Å². The largest absolute Gasteiger partial charge is 0.493 e. The highest BCUT2D eigenvalue weighted by molar-refractivity contribution is 5.48. The lowest BCUT2D eigenvalue weighted by Gasteiger charge is -2.17. The summed E-state index contributed by atoms with van der Waals surface area (Å²) in [5, 5.41) is 0. The normalized spacial score (nSPS) is 10.5. The molecule has 0 aliphatic rings. The van der Waals surface area contributed by atoms with E-state index in [0.717, 1.165) is 17.1 Å². The first-order chi connectivity index (χ1) is 9.22. The van der Waals surface area contributed by atoms with Gasteiger partial charge in [0, 0.05) is 5.56 Å². The molecule has 0 aliphatic carbocycles. The molecule has 0 spiro atoms. The van der Waals surface area contributed by atoms with Crippen LogP contribution in [0.25, 0.3) is 0 Å². The van der Waals surface area contributed by atoms with Crippen molar-refractivity contribution >= 4 is 0 Å². The second-order valence-electron chi connectivity index (χ2n) is 4.81. The van der Waals surface area contributed by atoms with Gasteiger partial charge in [-0.05, 0) is 17.5 Å². The smallest absolute Gasteiger partial charge is 0.165 e. The molecule has 2 heteroatoms. The number of rotatable bonds is 5. The van der Waals surface area contributed by atoms with Gasteiger partial charge in [-0.25, -0.2) is 0 Å². The van der Waals surface area contributed by atoms with E-state index in [-0.39, 0.29) is 0 Å². The third-order valence-electron chi connectivity index (χ3n) is 3.08. The van der Waals surface area contributed by atoms with Crippen LogP contribution in [0, 0.1) is 0 Å². The van der Waals surface area contributed by atoms with Gasteiger partial charge in [0.2, 0.25) is 0 Å². The molecule has 0 bridgehead atoms. The van der Waals surface area contributed by atoms with E-state index in [2.05, 4.69) is 32.0 Å². The highest BCUT2D eigenvalue weighted by Crippen LogP contribution is 2.35. The number of benzene rings is 2. The van der Waals surface area contributed by atoms with E-state index < -0.39 is 0 Å². The predicted octanol–water partition coefficient (Wildman–Crippen LogP) is 4.40. The molecule has 2 rings (SSSR count). The summed E-state index contributed by atoms with van der Waals surface area (Å²) in [4.78, 5) is 0. The molecule has 0 unspecified atom stereocenters. The molecule has 0 saturated carbocycles. The van der Waals surface area contributed by atoms with Crippen LogP contribution in [0.4, 0.5) is 0 Å². The van der Waals surface area contributed by atoms with Crippen LogP contribution in [0.15, 0.2) is 48.5 Å². The summed E-state index contributed by atoms with van der Waals surface area (Å²) in [5.74, 6) is 2.05. The van der Waals surface area contributed by atoms with Gasteiger partial charge in [-0.1, -0.05) is 56.3 Å². The molecule has 0 saturated heterocycles. The average molecular weight is 256 g/mol. The van der Waals surface area contributed by atoms with E-state index in [1.54, 1.807) is 7.11 Å². The van der Waals surface area contributed by atoms with Crippen LogP contribution >= 0.6 is 0 Å². The van der Waals surface area contributed by atoms with Gasteiger partial charge >= 0.3 is 0 Å². The molecule has 0 fully saturated rings. The Balaban J connectivity index is 2.23. The molecule has 0 atom stereocenters. The van der Waals surface area contributed by atoms with Crippen molar-refractivity contribution in [1.29, 1.82) is 0 Å². The van der Waals surface area contributed by atoms with Gasteiger partial charge in [-0.3, -0.25) is 0 Å². The van der Waals surface area contributed by atoms with Gasteiger partial charge < -0.3 is 9.47 Å². The average Bonchev–Trinajstić information content (AvgIpc) is 2.45. The summed E-state index contributed by atoms with van der Waals surface area (Å²) in [7, 11) is 1.68. The Hall–Kier alpha value is -1.96. The Labute approximate surface area is 115 Å². The Morgan fingerprint density at radius 1 is 0.947 bits per heavy atom. The standard InChI is InChI=1S/C17H20O2/c1-13(2)15-10-7-11-16(18-3)17(15)19-12-14-8-5-4-6-9-14/h4-11,13H,12H2,1-3H3. The number of methoxy groups -OCH3 is 1. The summed E-state index contributed by atoms with van der Waals surface area (Å²) in [6.07, 6.45) is 0. The van der Waals surface area contributed by atoms with Gasteiger partial charge in [0.1, 0.15) is 6.61 Å². The van der Waals surface area contributed by atoms with Crippen LogP contribution in [0.3, 0.4) is 0 Å². The highest BCUT2D eigenvalue weighted by atomic mass is 16.5. The van der Waals surface area contributed by atoms with Gasteiger partial charge in [-0.15, -0.1) is 0 Å². The number of hydrogen-bond acceptors (Lipinski definition) is 2. The van der Waals surface area contributed by atoms with Crippen molar-refractivity contribution in [2.45, 2.75) is 26.4 Å². The lowest BCUT2D eigenvalue weighted by Crippen LogP contribution is -2.02. The Kier molecular flexibility index (Phi) is 4.45. The summed E-state index contributed by atoms with van der Waals surface area (Å²) >= 11 is 0. The van der Waals surface area contributed by atoms with Gasteiger partial charge in [0.05, 0.1) is 7.11 Å². The zero-order chi connectivity index (χ0) is 13.7. The molecule has 19 heavy (non-hydrogen) atoms. The van der Waals surface area contributed by atoms with E-state index in [1.807, 2.05) is 30.3 Å². The Bertz CT molecular complexity index is 518. The van der Waals surface area contributed by atoms with E-state index in [1.165, 1.54) is 5.56 Å². The Morgan fingerprint density at radius 3 is 2.32 bits per heavy atom. The first-order valence-electron chi connectivity index (χ1n) is 6.56. The fourth-order valence-electron chi connectivity index (χ4n) is 2.03. The molecule has 0 amide bonds. The molecule has 2 aromatic rings. The maximum absolute atomic E-state index is 5.98. The van der Waals surface area contributed by atoms with Crippen molar-refractivity contribution in [3.63, 3.8) is 0 Å². The maximum atomic E-state index is 5.98. The van der Waals surface area contributed by atoms with Crippen molar-refractivity contribution in [2.24, 2.45) is 0 Å². The quantitative estimate of drug-likeness (QED) is 0.789. The lowest BCUT2D eigenvalue weighted by atomic mass is 10.0. The molecule has 0 N–H and O–H groups in total. The van der Waals surface area contributed by atoms with Crippen LogP contribution in [0.5, 0.6) is 11.5 Å². The SMILES string of the molecule is COc1cccc(C(C)C)c1OCc1ccccc1. The van der Waals surface area contributed by atoms with Crippen LogP contribution in [0.1, 0.15) is 30.9 Å². The van der Waals surface area contributed by atoms with Crippen molar-refractivity contribution < 1.29 is 9.47 Å². The first-order valence-corrected chi connectivity index (χ1v) is 6.56. The molecular weight excluding hydrogens is 236 g/mol. The van der Waals surface area contributed by atoms with Crippen LogP contribution < -0.4 is 9.47 Å². The van der Waals surface area contributed by atoms with Crippen molar-refractivity contribution in [1.82, 2.24) is 0 Å².